The van der Waals surface area contributed by atoms with E-state index in [-0.39, 0.29) is 0 Å². The van der Waals surface area contributed by atoms with E-state index in [1.54, 1.807) is 0 Å². The Balaban J connectivity index is 1.80. The van der Waals surface area contributed by atoms with Gasteiger partial charge in [0.15, 0.2) is 5.65 Å². The van der Waals surface area contributed by atoms with Crippen LogP contribution in [-0.4, -0.2) is 33.7 Å². The maximum atomic E-state index is 4.49. The highest BCUT2D eigenvalue weighted by Gasteiger charge is 2.14. The smallest absolute Gasteiger partial charge is 0.243 e. The second kappa shape index (κ2) is 4.33. The maximum absolute atomic E-state index is 4.49. The highest BCUT2D eigenvalue weighted by atomic mass is 15.3. The number of aryl methyl sites for hydroxylation is 1. The van der Waals surface area contributed by atoms with Gasteiger partial charge < -0.3 is 10.6 Å². The van der Waals surface area contributed by atoms with Gasteiger partial charge >= 0.3 is 0 Å². The number of piperidine rings is 1. The average molecular weight is 231 g/mol. The van der Waals surface area contributed by atoms with Crippen LogP contribution < -0.4 is 10.6 Å². The second-order valence-corrected chi connectivity index (χ2v) is 4.61. The zero-order valence-electron chi connectivity index (χ0n) is 9.98. The SMILES string of the molecule is Cc1ccn2nc(NC3CCNCC3)nc2c1. The number of nitrogens with one attached hydrogen (secondary N) is 2. The number of aromatic nitrogens is 3. The average Bonchev–Trinajstić information content (AvgIpc) is 2.71. The number of hydrogen-bond acceptors (Lipinski definition) is 4. The number of pyridine rings is 1. The first-order valence-corrected chi connectivity index (χ1v) is 6.11. The Morgan fingerprint density at radius 2 is 2.24 bits per heavy atom. The second-order valence-electron chi connectivity index (χ2n) is 4.61. The molecule has 0 aromatic carbocycles. The lowest BCUT2D eigenvalue weighted by atomic mass is 10.1. The summed E-state index contributed by atoms with van der Waals surface area (Å²) in [7, 11) is 0. The van der Waals surface area contributed by atoms with Crippen molar-refractivity contribution in [2.75, 3.05) is 18.4 Å². The predicted molar refractivity (Wildman–Crippen MR) is 67.2 cm³/mol. The summed E-state index contributed by atoms with van der Waals surface area (Å²) in [5.74, 6) is 0.738. The van der Waals surface area contributed by atoms with Crippen LogP contribution in [0.2, 0.25) is 0 Å². The van der Waals surface area contributed by atoms with Crippen LogP contribution in [-0.2, 0) is 0 Å². The molecule has 0 atom stereocenters. The van der Waals surface area contributed by atoms with Gasteiger partial charge in [-0.1, -0.05) is 0 Å². The molecule has 3 rings (SSSR count). The largest absolute Gasteiger partial charge is 0.350 e. The molecule has 3 heterocycles. The molecule has 5 heteroatoms. The molecule has 0 radical (unpaired) electrons. The molecule has 1 aliphatic heterocycles. The van der Waals surface area contributed by atoms with Crippen molar-refractivity contribution in [3.8, 4) is 0 Å². The fourth-order valence-corrected chi connectivity index (χ4v) is 2.19. The highest BCUT2D eigenvalue weighted by Crippen LogP contribution is 2.11. The lowest BCUT2D eigenvalue weighted by Crippen LogP contribution is -2.35. The molecule has 0 amide bonds. The zero-order valence-corrected chi connectivity index (χ0v) is 9.98. The molecule has 0 spiro atoms. The molecule has 1 fully saturated rings. The molecule has 2 aromatic rings. The van der Waals surface area contributed by atoms with Crippen LogP contribution in [0.5, 0.6) is 0 Å². The van der Waals surface area contributed by atoms with Gasteiger partial charge in [0.05, 0.1) is 0 Å². The summed E-state index contributed by atoms with van der Waals surface area (Å²) in [5, 5.41) is 11.2. The lowest BCUT2D eigenvalue weighted by Gasteiger charge is -2.22. The minimum absolute atomic E-state index is 0.495. The van der Waals surface area contributed by atoms with E-state index in [4.69, 9.17) is 0 Å². The quantitative estimate of drug-likeness (QED) is 0.815. The standard InChI is InChI=1S/C12H17N5/c1-9-4-7-17-11(8-9)15-12(16-17)14-10-2-5-13-6-3-10/h4,7-8,10,13H,2-3,5-6H2,1H3,(H,14,16). The van der Waals surface area contributed by atoms with Crippen molar-refractivity contribution in [1.82, 2.24) is 19.9 Å². The van der Waals surface area contributed by atoms with E-state index < -0.39 is 0 Å². The van der Waals surface area contributed by atoms with E-state index in [0.717, 1.165) is 37.5 Å². The summed E-state index contributed by atoms with van der Waals surface area (Å²) in [6, 6.07) is 4.58. The Morgan fingerprint density at radius 1 is 1.41 bits per heavy atom. The van der Waals surface area contributed by atoms with Crippen LogP contribution in [0.25, 0.3) is 5.65 Å². The fraction of sp³-hybridized carbons (Fsp3) is 0.500. The van der Waals surface area contributed by atoms with Crippen LogP contribution in [0.15, 0.2) is 18.3 Å². The Kier molecular flexibility index (Phi) is 2.68. The van der Waals surface area contributed by atoms with Crippen molar-refractivity contribution in [3.63, 3.8) is 0 Å². The van der Waals surface area contributed by atoms with Gasteiger partial charge in [-0.2, -0.15) is 4.98 Å². The summed E-state index contributed by atoms with van der Waals surface area (Å²) in [6.07, 6.45) is 4.22. The van der Waals surface area contributed by atoms with Crippen molar-refractivity contribution in [2.45, 2.75) is 25.8 Å². The molecule has 0 saturated carbocycles. The first kappa shape index (κ1) is 10.5. The summed E-state index contributed by atoms with van der Waals surface area (Å²) in [5.41, 5.74) is 2.11. The molecule has 2 N–H and O–H groups in total. The number of rotatable bonds is 2. The Bertz CT molecular complexity index is 513. The van der Waals surface area contributed by atoms with E-state index in [9.17, 15) is 0 Å². The van der Waals surface area contributed by atoms with Crippen molar-refractivity contribution < 1.29 is 0 Å². The first-order chi connectivity index (χ1) is 8.31. The van der Waals surface area contributed by atoms with Crippen molar-refractivity contribution >= 4 is 11.6 Å². The number of anilines is 1. The predicted octanol–water partition coefficient (Wildman–Crippen LogP) is 1.20. The van der Waals surface area contributed by atoms with Crippen LogP contribution in [0.1, 0.15) is 18.4 Å². The Hall–Kier alpha value is -1.62. The van der Waals surface area contributed by atoms with Crippen LogP contribution in [0, 0.1) is 6.92 Å². The van der Waals surface area contributed by atoms with E-state index in [0.29, 0.717) is 6.04 Å². The molecular weight excluding hydrogens is 214 g/mol. The molecule has 0 unspecified atom stereocenters. The molecule has 17 heavy (non-hydrogen) atoms. The number of hydrogen-bond donors (Lipinski definition) is 2. The van der Waals surface area contributed by atoms with Gasteiger partial charge in [0, 0.05) is 12.2 Å². The third kappa shape index (κ3) is 2.24. The molecule has 2 aromatic heterocycles. The van der Waals surface area contributed by atoms with E-state index >= 15 is 0 Å². The lowest BCUT2D eigenvalue weighted by molar-refractivity contribution is 0.477. The third-order valence-electron chi connectivity index (χ3n) is 3.17. The van der Waals surface area contributed by atoms with Crippen molar-refractivity contribution in [2.24, 2.45) is 0 Å². The van der Waals surface area contributed by atoms with E-state index in [1.165, 1.54) is 5.56 Å². The molecule has 0 aliphatic carbocycles. The molecule has 1 saturated heterocycles. The summed E-state index contributed by atoms with van der Waals surface area (Å²) in [4.78, 5) is 4.49. The van der Waals surface area contributed by atoms with Crippen LogP contribution in [0.3, 0.4) is 0 Å². The summed E-state index contributed by atoms with van der Waals surface area (Å²) >= 11 is 0. The van der Waals surface area contributed by atoms with Crippen LogP contribution in [0.4, 0.5) is 5.95 Å². The van der Waals surface area contributed by atoms with Gasteiger partial charge in [0.1, 0.15) is 0 Å². The normalized spacial score (nSPS) is 17.5. The Morgan fingerprint density at radius 3 is 3.06 bits per heavy atom. The third-order valence-corrected chi connectivity index (χ3v) is 3.17. The van der Waals surface area contributed by atoms with Crippen LogP contribution >= 0.6 is 0 Å². The van der Waals surface area contributed by atoms with Crippen molar-refractivity contribution in [1.29, 1.82) is 0 Å². The zero-order chi connectivity index (χ0) is 11.7. The van der Waals surface area contributed by atoms with Gasteiger partial charge in [-0.3, -0.25) is 0 Å². The molecule has 90 valence electrons. The topological polar surface area (TPSA) is 54.2 Å². The molecular formula is C12H17N5. The number of nitrogens with zero attached hydrogens (tertiary/aromatic N) is 3. The van der Waals surface area contributed by atoms with Gasteiger partial charge in [0.25, 0.3) is 0 Å². The van der Waals surface area contributed by atoms with E-state index in [2.05, 4.69) is 27.6 Å². The first-order valence-electron chi connectivity index (χ1n) is 6.11. The van der Waals surface area contributed by atoms with Crippen molar-refractivity contribution in [3.05, 3.63) is 23.9 Å². The number of fused-ring (bicyclic) bond motifs is 1. The van der Waals surface area contributed by atoms with Gasteiger partial charge in [-0.05, 0) is 50.6 Å². The Labute approximate surface area is 100 Å². The van der Waals surface area contributed by atoms with Gasteiger partial charge in [-0.15, -0.1) is 5.10 Å². The molecule has 1 aliphatic rings. The monoisotopic (exact) mass is 231 g/mol. The van der Waals surface area contributed by atoms with Gasteiger partial charge in [-0.25, -0.2) is 4.52 Å². The molecule has 0 bridgehead atoms. The minimum atomic E-state index is 0.495. The maximum Gasteiger partial charge on any atom is 0.243 e. The highest BCUT2D eigenvalue weighted by molar-refractivity contribution is 5.45. The minimum Gasteiger partial charge on any atom is -0.350 e. The fourth-order valence-electron chi connectivity index (χ4n) is 2.19. The summed E-state index contributed by atoms with van der Waals surface area (Å²) in [6.45, 7) is 4.21. The van der Waals surface area contributed by atoms with E-state index in [1.807, 2.05) is 22.8 Å². The molecule has 5 nitrogen and oxygen atoms in total. The van der Waals surface area contributed by atoms with Gasteiger partial charge in [0.2, 0.25) is 5.95 Å². The summed E-state index contributed by atoms with van der Waals surface area (Å²) < 4.78 is 1.82.